The number of rotatable bonds is 6. The van der Waals surface area contributed by atoms with Crippen LogP contribution in [0.25, 0.3) is 0 Å². The minimum absolute atomic E-state index is 0.0510. The summed E-state index contributed by atoms with van der Waals surface area (Å²) >= 11 is 0.926. The van der Waals surface area contributed by atoms with E-state index in [0.717, 1.165) is 17.0 Å². The van der Waals surface area contributed by atoms with Gasteiger partial charge >= 0.3 is 5.97 Å². The molecule has 0 fully saturated rings. The van der Waals surface area contributed by atoms with Gasteiger partial charge in [-0.3, -0.25) is 9.78 Å². The second-order valence-corrected chi connectivity index (χ2v) is 6.55. The zero-order valence-corrected chi connectivity index (χ0v) is 15.4. The van der Waals surface area contributed by atoms with E-state index in [1.54, 1.807) is 36.4 Å². The number of thiophene rings is 1. The van der Waals surface area contributed by atoms with Crippen LogP contribution in [0.4, 0.5) is 5.69 Å². The van der Waals surface area contributed by atoms with Gasteiger partial charge in [-0.05, 0) is 49.4 Å². The number of carboxylic acid groups (broad SMARTS) is 1. The summed E-state index contributed by atoms with van der Waals surface area (Å²) in [5.41, 5.74) is 1.51. The summed E-state index contributed by atoms with van der Waals surface area (Å²) in [5, 5.41) is 12.2. The molecule has 0 spiro atoms. The van der Waals surface area contributed by atoms with Gasteiger partial charge in [-0.15, -0.1) is 0 Å². The molecule has 0 saturated carbocycles. The lowest BCUT2D eigenvalue weighted by molar-refractivity contribution is 0.0701. The molecule has 0 radical (unpaired) electrons. The monoisotopic (exact) mass is 384 g/mol. The number of anilines is 1. The van der Waals surface area contributed by atoms with Gasteiger partial charge in [0.1, 0.15) is 16.4 Å². The first-order valence-corrected chi connectivity index (χ1v) is 8.71. The van der Waals surface area contributed by atoms with E-state index in [0.29, 0.717) is 17.1 Å². The summed E-state index contributed by atoms with van der Waals surface area (Å²) in [6, 6.07) is 11.4. The van der Waals surface area contributed by atoms with Crippen LogP contribution in [0.2, 0.25) is 0 Å². The third-order valence-electron chi connectivity index (χ3n) is 3.60. The van der Waals surface area contributed by atoms with Crippen molar-refractivity contribution in [2.75, 3.05) is 12.4 Å². The van der Waals surface area contributed by atoms with Crippen LogP contribution in [0.5, 0.6) is 16.6 Å². The molecule has 27 heavy (non-hydrogen) atoms. The first-order chi connectivity index (χ1) is 13.0. The quantitative estimate of drug-likeness (QED) is 0.661. The number of carbonyl (C=O) groups excluding carboxylic acids is 1. The molecule has 0 bridgehead atoms. The molecule has 0 aliphatic carbocycles. The summed E-state index contributed by atoms with van der Waals surface area (Å²) in [4.78, 5) is 28.0. The van der Waals surface area contributed by atoms with Crippen molar-refractivity contribution >= 4 is 28.9 Å². The number of aromatic nitrogens is 1. The Balaban J connectivity index is 1.85. The first kappa shape index (κ1) is 18.4. The Morgan fingerprint density at radius 3 is 2.41 bits per heavy atom. The highest BCUT2D eigenvalue weighted by Gasteiger charge is 2.18. The van der Waals surface area contributed by atoms with E-state index in [-0.39, 0.29) is 21.5 Å². The zero-order valence-electron chi connectivity index (χ0n) is 14.6. The van der Waals surface area contributed by atoms with Crippen LogP contribution in [0.1, 0.15) is 25.7 Å². The van der Waals surface area contributed by atoms with Crippen molar-refractivity contribution in [1.29, 1.82) is 0 Å². The molecule has 7 nitrogen and oxygen atoms in total. The maximum Gasteiger partial charge on any atom is 0.346 e. The second-order valence-electron chi connectivity index (χ2n) is 5.54. The van der Waals surface area contributed by atoms with Crippen molar-refractivity contribution in [3.05, 3.63) is 64.8 Å². The molecule has 2 heterocycles. The van der Waals surface area contributed by atoms with E-state index in [1.807, 2.05) is 6.92 Å². The second kappa shape index (κ2) is 7.88. The summed E-state index contributed by atoms with van der Waals surface area (Å²) in [7, 11) is 1.54. The van der Waals surface area contributed by atoms with Crippen molar-refractivity contribution in [1.82, 2.24) is 4.98 Å². The maximum atomic E-state index is 12.5. The zero-order chi connectivity index (χ0) is 19.4. The molecule has 138 valence electrons. The minimum atomic E-state index is -1.10. The number of pyridine rings is 1. The number of aromatic carboxylic acids is 1. The number of carboxylic acids is 1. The first-order valence-electron chi connectivity index (χ1n) is 7.89. The number of aryl methyl sites for hydroxylation is 1. The van der Waals surface area contributed by atoms with E-state index in [1.165, 1.54) is 19.4 Å². The molecule has 3 aromatic rings. The molecule has 2 aromatic heterocycles. The molecule has 0 unspecified atom stereocenters. The number of amides is 1. The molecule has 1 amide bonds. The molecule has 0 saturated heterocycles. The van der Waals surface area contributed by atoms with Gasteiger partial charge in [-0.25, -0.2) is 4.79 Å². The Hall–Kier alpha value is -3.39. The molecular weight excluding hydrogens is 368 g/mol. The minimum Gasteiger partial charge on any atom is -0.497 e. The van der Waals surface area contributed by atoms with Gasteiger partial charge in [0.05, 0.1) is 19.0 Å². The summed E-state index contributed by atoms with van der Waals surface area (Å²) in [5.74, 6) is -0.415. The smallest absolute Gasteiger partial charge is 0.346 e. The van der Waals surface area contributed by atoms with Gasteiger partial charge in [0, 0.05) is 11.3 Å². The maximum absolute atomic E-state index is 12.5. The third kappa shape index (κ3) is 4.42. The van der Waals surface area contributed by atoms with Crippen LogP contribution < -0.4 is 14.8 Å². The van der Waals surface area contributed by atoms with Gasteiger partial charge in [0.15, 0.2) is 0 Å². The van der Waals surface area contributed by atoms with Gasteiger partial charge in [0.2, 0.25) is 5.06 Å². The lowest BCUT2D eigenvalue weighted by Crippen LogP contribution is -2.11. The highest BCUT2D eigenvalue weighted by molar-refractivity contribution is 7.16. The van der Waals surface area contributed by atoms with Crippen LogP contribution >= 0.6 is 11.3 Å². The van der Waals surface area contributed by atoms with Crippen molar-refractivity contribution in [3.8, 4) is 16.6 Å². The number of methoxy groups -OCH3 is 1. The predicted molar refractivity (Wildman–Crippen MR) is 101 cm³/mol. The number of carbonyl (C=O) groups is 2. The van der Waals surface area contributed by atoms with Crippen LogP contribution in [0, 0.1) is 6.92 Å². The number of hydrogen-bond donors (Lipinski definition) is 2. The van der Waals surface area contributed by atoms with E-state index in [4.69, 9.17) is 9.47 Å². The summed E-state index contributed by atoms with van der Waals surface area (Å²) < 4.78 is 10.8. The van der Waals surface area contributed by atoms with Gasteiger partial charge in [0.25, 0.3) is 5.91 Å². The Kier molecular flexibility index (Phi) is 5.37. The molecule has 0 aliphatic heterocycles. The van der Waals surface area contributed by atoms with Crippen molar-refractivity contribution in [2.24, 2.45) is 0 Å². The molecule has 3 rings (SSSR count). The van der Waals surface area contributed by atoms with E-state index in [2.05, 4.69) is 10.3 Å². The van der Waals surface area contributed by atoms with Gasteiger partial charge in [-0.2, -0.15) is 0 Å². The van der Waals surface area contributed by atoms with E-state index < -0.39 is 5.97 Å². The number of hydrogen-bond acceptors (Lipinski definition) is 6. The SMILES string of the molecule is COc1ccc(C(=O)Nc2cc(C(=O)O)sc2Oc2ccc(C)nc2)cc1. The Bertz CT molecular complexity index is 965. The number of ether oxygens (including phenoxy) is 2. The van der Waals surface area contributed by atoms with Crippen LogP contribution in [0.3, 0.4) is 0 Å². The number of nitrogens with one attached hydrogen (secondary N) is 1. The van der Waals surface area contributed by atoms with Crippen molar-refractivity contribution in [3.63, 3.8) is 0 Å². The van der Waals surface area contributed by atoms with Crippen LogP contribution in [-0.4, -0.2) is 29.1 Å². The lowest BCUT2D eigenvalue weighted by Gasteiger charge is -2.08. The molecule has 0 atom stereocenters. The average molecular weight is 384 g/mol. The standard InChI is InChI=1S/C19H16N2O5S/c1-11-3-6-14(10-20-11)26-19-15(9-16(27-19)18(23)24)21-17(22)12-4-7-13(25-2)8-5-12/h3-10H,1-2H3,(H,21,22)(H,23,24). The fraction of sp³-hybridized carbons (Fsp3) is 0.105. The van der Waals surface area contributed by atoms with E-state index in [9.17, 15) is 14.7 Å². The third-order valence-corrected chi connectivity index (χ3v) is 4.60. The summed E-state index contributed by atoms with van der Waals surface area (Å²) in [6.45, 7) is 1.85. The molecule has 0 aliphatic rings. The van der Waals surface area contributed by atoms with Crippen LogP contribution in [0.15, 0.2) is 48.7 Å². The largest absolute Gasteiger partial charge is 0.497 e. The number of benzene rings is 1. The van der Waals surface area contributed by atoms with E-state index >= 15 is 0 Å². The van der Waals surface area contributed by atoms with Crippen molar-refractivity contribution < 1.29 is 24.2 Å². The molecule has 8 heteroatoms. The highest BCUT2D eigenvalue weighted by atomic mass is 32.1. The van der Waals surface area contributed by atoms with Gasteiger partial charge in [-0.1, -0.05) is 11.3 Å². The molecule has 2 N–H and O–H groups in total. The lowest BCUT2D eigenvalue weighted by atomic mass is 10.2. The Morgan fingerprint density at radius 2 is 1.81 bits per heavy atom. The average Bonchev–Trinajstić information content (AvgIpc) is 3.06. The predicted octanol–water partition coefficient (Wildman–Crippen LogP) is 4.20. The van der Waals surface area contributed by atoms with Crippen molar-refractivity contribution in [2.45, 2.75) is 6.92 Å². The molecule has 1 aromatic carbocycles. The topological polar surface area (TPSA) is 97.8 Å². The molecular formula is C19H16N2O5S. The number of nitrogens with zero attached hydrogens (tertiary/aromatic N) is 1. The Morgan fingerprint density at radius 1 is 1.11 bits per heavy atom. The fourth-order valence-electron chi connectivity index (χ4n) is 2.20. The normalized spacial score (nSPS) is 10.3. The summed E-state index contributed by atoms with van der Waals surface area (Å²) in [6.07, 6.45) is 1.53. The Labute approximate surface area is 159 Å². The highest BCUT2D eigenvalue weighted by Crippen LogP contribution is 2.38. The fourth-order valence-corrected chi connectivity index (χ4v) is 3.02. The van der Waals surface area contributed by atoms with Crippen LogP contribution in [-0.2, 0) is 0 Å². The van der Waals surface area contributed by atoms with Gasteiger partial charge < -0.3 is 19.9 Å².